The van der Waals surface area contributed by atoms with Gasteiger partial charge in [0.1, 0.15) is 5.56 Å². The van der Waals surface area contributed by atoms with Gasteiger partial charge in [-0.15, -0.1) is 0 Å². The van der Waals surface area contributed by atoms with Crippen LogP contribution < -0.4 is 15.0 Å². The first kappa shape index (κ1) is 16.6. The fourth-order valence-electron chi connectivity index (χ4n) is 2.90. The summed E-state index contributed by atoms with van der Waals surface area (Å²) in [7, 11) is 3.02. The first-order valence-electron chi connectivity index (χ1n) is 7.58. The highest BCUT2D eigenvalue weighted by Crippen LogP contribution is 2.36. The van der Waals surface area contributed by atoms with E-state index in [1.807, 2.05) is 19.1 Å². The number of fused-ring (bicyclic) bond motifs is 1. The Kier molecular flexibility index (Phi) is 4.19. The molecule has 0 atom stereocenters. The molecule has 6 nitrogen and oxygen atoms in total. The number of carboxylic acids is 1. The van der Waals surface area contributed by atoms with Gasteiger partial charge in [-0.1, -0.05) is 17.7 Å². The van der Waals surface area contributed by atoms with Crippen LogP contribution in [0.2, 0.25) is 0 Å². The number of aromatic amines is 1. The van der Waals surface area contributed by atoms with Crippen molar-refractivity contribution in [3.8, 4) is 22.6 Å². The standard InChI is InChI=1S/C19H17NO5/c1-10-4-6-13-12(8-10)16(17(19(22)23)18(21)20-13)11-5-7-14(24-2)15(9-11)25-3/h4-9H,1-3H3,(H,20,21)(H,22,23). The summed E-state index contributed by atoms with van der Waals surface area (Å²) < 4.78 is 10.5. The Morgan fingerprint density at radius 2 is 1.76 bits per heavy atom. The van der Waals surface area contributed by atoms with E-state index in [2.05, 4.69) is 4.98 Å². The molecular weight excluding hydrogens is 322 g/mol. The summed E-state index contributed by atoms with van der Waals surface area (Å²) in [5.74, 6) is -0.305. The van der Waals surface area contributed by atoms with Gasteiger partial charge in [0.15, 0.2) is 11.5 Å². The van der Waals surface area contributed by atoms with Crippen molar-refractivity contribution in [1.29, 1.82) is 0 Å². The maximum absolute atomic E-state index is 12.3. The van der Waals surface area contributed by atoms with Crippen LogP contribution in [0.15, 0.2) is 41.2 Å². The lowest BCUT2D eigenvalue weighted by atomic mass is 9.95. The monoisotopic (exact) mass is 339 g/mol. The molecule has 1 aromatic heterocycles. The van der Waals surface area contributed by atoms with Crippen LogP contribution in [-0.2, 0) is 0 Å². The maximum atomic E-state index is 12.3. The normalized spacial score (nSPS) is 10.7. The molecule has 6 heteroatoms. The van der Waals surface area contributed by atoms with Crippen molar-refractivity contribution in [2.45, 2.75) is 6.92 Å². The van der Waals surface area contributed by atoms with Crippen LogP contribution in [0.4, 0.5) is 0 Å². The third kappa shape index (κ3) is 2.82. The zero-order valence-corrected chi connectivity index (χ0v) is 14.0. The molecule has 0 saturated heterocycles. The lowest BCUT2D eigenvalue weighted by molar-refractivity contribution is 0.0696. The van der Waals surface area contributed by atoms with Gasteiger partial charge in [0.25, 0.3) is 5.56 Å². The molecule has 0 unspecified atom stereocenters. The number of aryl methyl sites for hydroxylation is 1. The van der Waals surface area contributed by atoms with E-state index in [-0.39, 0.29) is 5.56 Å². The minimum atomic E-state index is -1.28. The second-order valence-corrected chi connectivity index (χ2v) is 5.63. The van der Waals surface area contributed by atoms with E-state index in [0.29, 0.717) is 33.5 Å². The van der Waals surface area contributed by atoms with E-state index in [9.17, 15) is 14.7 Å². The van der Waals surface area contributed by atoms with E-state index >= 15 is 0 Å². The summed E-state index contributed by atoms with van der Waals surface area (Å²) in [5.41, 5.74) is 1.51. The fourth-order valence-corrected chi connectivity index (χ4v) is 2.90. The largest absolute Gasteiger partial charge is 0.493 e. The fraction of sp³-hybridized carbons (Fsp3) is 0.158. The number of nitrogens with one attached hydrogen (secondary N) is 1. The summed E-state index contributed by atoms with van der Waals surface area (Å²) in [6, 6.07) is 10.5. The Bertz CT molecular complexity index is 1040. The summed E-state index contributed by atoms with van der Waals surface area (Å²) in [5, 5.41) is 10.2. The third-order valence-electron chi connectivity index (χ3n) is 4.06. The highest BCUT2D eigenvalue weighted by atomic mass is 16.5. The summed E-state index contributed by atoms with van der Waals surface area (Å²) in [6.07, 6.45) is 0. The number of benzene rings is 2. The van der Waals surface area contributed by atoms with Crippen LogP contribution in [-0.4, -0.2) is 30.3 Å². The molecule has 3 rings (SSSR count). The average Bonchev–Trinajstić information content (AvgIpc) is 2.60. The minimum absolute atomic E-state index is 0.301. The predicted octanol–water partition coefficient (Wildman–Crippen LogP) is 3.22. The number of ether oxygens (including phenoxy) is 2. The van der Waals surface area contributed by atoms with Crippen molar-refractivity contribution >= 4 is 16.9 Å². The number of hydrogen-bond acceptors (Lipinski definition) is 4. The number of pyridine rings is 1. The van der Waals surface area contributed by atoms with E-state index in [1.165, 1.54) is 14.2 Å². The van der Waals surface area contributed by atoms with Crippen molar-refractivity contribution in [2.75, 3.05) is 14.2 Å². The lowest BCUT2D eigenvalue weighted by Gasteiger charge is -2.14. The van der Waals surface area contributed by atoms with Crippen LogP contribution in [0.3, 0.4) is 0 Å². The van der Waals surface area contributed by atoms with Gasteiger partial charge in [0, 0.05) is 16.5 Å². The van der Waals surface area contributed by atoms with E-state index < -0.39 is 11.5 Å². The van der Waals surface area contributed by atoms with Gasteiger partial charge < -0.3 is 19.6 Å². The highest BCUT2D eigenvalue weighted by Gasteiger charge is 2.21. The Balaban J connectivity index is 2.45. The van der Waals surface area contributed by atoms with Crippen LogP contribution in [0.1, 0.15) is 15.9 Å². The van der Waals surface area contributed by atoms with Crippen LogP contribution in [0, 0.1) is 6.92 Å². The number of carbonyl (C=O) groups is 1. The number of hydrogen-bond donors (Lipinski definition) is 2. The molecule has 0 aliphatic heterocycles. The van der Waals surface area contributed by atoms with Gasteiger partial charge in [-0.25, -0.2) is 4.79 Å². The summed E-state index contributed by atoms with van der Waals surface area (Å²) in [6.45, 7) is 1.91. The zero-order chi connectivity index (χ0) is 18.1. The molecule has 0 aliphatic rings. The van der Waals surface area contributed by atoms with Crippen LogP contribution in [0.25, 0.3) is 22.0 Å². The van der Waals surface area contributed by atoms with Gasteiger partial charge in [0.2, 0.25) is 0 Å². The molecule has 0 amide bonds. The predicted molar refractivity (Wildman–Crippen MR) is 94.8 cm³/mol. The molecule has 128 valence electrons. The van der Waals surface area contributed by atoms with Gasteiger partial charge in [-0.05, 0) is 36.8 Å². The zero-order valence-electron chi connectivity index (χ0n) is 14.0. The molecule has 1 heterocycles. The molecule has 2 N–H and O–H groups in total. The molecule has 3 aromatic rings. The molecule has 25 heavy (non-hydrogen) atoms. The van der Waals surface area contributed by atoms with Crippen molar-refractivity contribution in [2.24, 2.45) is 0 Å². The van der Waals surface area contributed by atoms with Crippen molar-refractivity contribution in [3.05, 3.63) is 57.9 Å². The van der Waals surface area contributed by atoms with Gasteiger partial charge in [-0.3, -0.25) is 4.79 Å². The van der Waals surface area contributed by atoms with Gasteiger partial charge >= 0.3 is 5.97 Å². The SMILES string of the molecule is COc1ccc(-c2c(C(=O)O)c(=O)[nH]c3ccc(C)cc23)cc1OC. The number of rotatable bonds is 4. The third-order valence-corrected chi connectivity index (χ3v) is 4.06. The number of aromatic nitrogens is 1. The second kappa shape index (κ2) is 6.32. The lowest BCUT2D eigenvalue weighted by Crippen LogP contribution is -2.19. The molecular formula is C19H17NO5. The number of methoxy groups -OCH3 is 2. The first-order chi connectivity index (χ1) is 12.0. The number of aromatic carboxylic acids is 1. The second-order valence-electron chi connectivity index (χ2n) is 5.63. The van der Waals surface area contributed by atoms with Crippen molar-refractivity contribution in [1.82, 2.24) is 4.98 Å². The molecule has 0 radical (unpaired) electrons. The molecule has 2 aromatic carbocycles. The quantitative estimate of drug-likeness (QED) is 0.762. The minimum Gasteiger partial charge on any atom is -0.493 e. The van der Waals surface area contributed by atoms with Crippen molar-refractivity contribution in [3.63, 3.8) is 0 Å². The molecule has 0 spiro atoms. The first-order valence-corrected chi connectivity index (χ1v) is 7.58. The smallest absolute Gasteiger partial charge is 0.342 e. The Labute approximate surface area is 143 Å². The summed E-state index contributed by atoms with van der Waals surface area (Å²) >= 11 is 0. The summed E-state index contributed by atoms with van der Waals surface area (Å²) in [4.78, 5) is 26.7. The van der Waals surface area contributed by atoms with Crippen LogP contribution in [0.5, 0.6) is 11.5 Å². The van der Waals surface area contributed by atoms with Crippen molar-refractivity contribution < 1.29 is 19.4 Å². The Morgan fingerprint density at radius 1 is 1.04 bits per heavy atom. The van der Waals surface area contributed by atoms with Gasteiger partial charge in [-0.2, -0.15) is 0 Å². The molecule has 0 fully saturated rings. The average molecular weight is 339 g/mol. The molecule has 0 aliphatic carbocycles. The topological polar surface area (TPSA) is 88.6 Å². The number of carboxylic acid groups (broad SMARTS) is 1. The van der Waals surface area contributed by atoms with Crippen LogP contribution >= 0.6 is 0 Å². The highest BCUT2D eigenvalue weighted by molar-refractivity contribution is 6.06. The Morgan fingerprint density at radius 3 is 2.40 bits per heavy atom. The van der Waals surface area contributed by atoms with Gasteiger partial charge in [0.05, 0.1) is 14.2 Å². The van der Waals surface area contributed by atoms with E-state index in [4.69, 9.17) is 9.47 Å². The van der Waals surface area contributed by atoms with E-state index in [1.54, 1.807) is 24.3 Å². The molecule has 0 bridgehead atoms. The Hall–Kier alpha value is -3.28. The molecule has 0 saturated carbocycles. The van der Waals surface area contributed by atoms with E-state index in [0.717, 1.165) is 5.56 Å². The maximum Gasteiger partial charge on any atom is 0.342 e. The number of H-pyrrole nitrogens is 1.